The van der Waals surface area contributed by atoms with Crippen molar-refractivity contribution in [3.63, 3.8) is 0 Å². The van der Waals surface area contributed by atoms with Gasteiger partial charge in [0, 0.05) is 10.6 Å². The lowest BCUT2D eigenvalue weighted by molar-refractivity contribution is -0.123. The number of carbonyl (C=O) groups excluding carboxylic acids is 3. The molecule has 0 spiro atoms. The maximum absolute atomic E-state index is 12.8. The third-order valence-corrected chi connectivity index (χ3v) is 6.73. The number of ketones is 1. The van der Waals surface area contributed by atoms with Gasteiger partial charge in [0.05, 0.1) is 22.0 Å². The fourth-order valence-corrected chi connectivity index (χ4v) is 4.72. The summed E-state index contributed by atoms with van der Waals surface area (Å²) < 4.78 is 0. The van der Waals surface area contributed by atoms with Crippen LogP contribution in [0.1, 0.15) is 37.4 Å². The van der Waals surface area contributed by atoms with Crippen molar-refractivity contribution in [3.8, 4) is 0 Å². The average molecular weight is 538 g/mol. The van der Waals surface area contributed by atoms with Crippen LogP contribution in [0.15, 0.2) is 77.7 Å². The largest absolute Gasteiger partial charge is 0.478 e. The lowest BCUT2D eigenvalue weighted by Gasteiger charge is -2.12. The molecular formula is C27H17Cl2NO5S. The minimum Gasteiger partial charge on any atom is -0.478 e. The van der Waals surface area contributed by atoms with E-state index in [1.807, 2.05) is 0 Å². The SMILES string of the molecule is O=C(O)c1ccc(CN2C(=O)S/C(=C\c3ccc(/C=C/C(=O)c4ccc(Cl)cc4Cl)cc3)C2=O)cc1. The quantitative estimate of drug-likeness (QED) is 0.262. The number of carboxylic acid groups (broad SMARTS) is 1. The van der Waals surface area contributed by atoms with E-state index in [1.54, 1.807) is 60.7 Å². The number of rotatable bonds is 7. The van der Waals surface area contributed by atoms with Crippen molar-refractivity contribution in [2.24, 2.45) is 0 Å². The highest BCUT2D eigenvalue weighted by Gasteiger charge is 2.35. The van der Waals surface area contributed by atoms with Crippen LogP contribution >= 0.6 is 35.0 Å². The van der Waals surface area contributed by atoms with Gasteiger partial charge in [-0.25, -0.2) is 4.79 Å². The Morgan fingerprint density at radius 2 is 1.58 bits per heavy atom. The summed E-state index contributed by atoms with van der Waals surface area (Å²) in [5.41, 5.74) is 2.61. The first kappa shape index (κ1) is 25.4. The lowest BCUT2D eigenvalue weighted by atomic mass is 10.1. The molecule has 3 aromatic rings. The Kier molecular flexibility index (Phi) is 7.74. The first-order valence-electron chi connectivity index (χ1n) is 10.6. The fraction of sp³-hybridized carbons (Fsp3) is 0.0370. The molecule has 180 valence electrons. The van der Waals surface area contributed by atoms with Gasteiger partial charge in [-0.2, -0.15) is 0 Å². The van der Waals surface area contributed by atoms with Gasteiger partial charge in [0.25, 0.3) is 11.1 Å². The maximum Gasteiger partial charge on any atom is 0.335 e. The summed E-state index contributed by atoms with van der Waals surface area (Å²) in [4.78, 5) is 50.0. The molecule has 2 amide bonds. The summed E-state index contributed by atoms with van der Waals surface area (Å²) in [5.74, 6) is -1.72. The molecule has 6 nitrogen and oxygen atoms in total. The number of halogens is 2. The van der Waals surface area contributed by atoms with Gasteiger partial charge >= 0.3 is 5.97 Å². The first-order chi connectivity index (χ1) is 17.2. The van der Waals surface area contributed by atoms with Crippen LogP contribution in [0.5, 0.6) is 0 Å². The smallest absolute Gasteiger partial charge is 0.335 e. The number of carbonyl (C=O) groups is 4. The molecule has 0 atom stereocenters. The van der Waals surface area contributed by atoms with Gasteiger partial charge in [-0.15, -0.1) is 0 Å². The second-order valence-corrected chi connectivity index (χ2v) is 9.60. The second kappa shape index (κ2) is 11.0. The number of imide groups is 1. The second-order valence-electron chi connectivity index (χ2n) is 7.76. The predicted molar refractivity (Wildman–Crippen MR) is 141 cm³/mol. The Labute approximate surface area is 220 Å². The first-order valence-corrected chi connectivity index (χ1v) is 12.1. The number of hydrogen-bond acceptors (Lipinski definition) is 5. The van der Waals surface area contributed by atoms with Gasteiger partial charge in [-0.1, -0.05) is 65.7 Å². The van der Waals surface area contributed by atoms with Gasteiger partial charge in [0.15, 0.2) is 5.78 Å². The van der Waals surface area contributed by atoms with Crippen molar-refractivity contribution < 1.29 is 24.3 Å². The highest BCUT2D eigenvalue weighted by Crippen LogP contribution is 2.33. The lowest BCUT2D eigenvalue weighted by Crippen LogP contribution is -2.27. The molecule has 1 N–H and O–H groups in total. The normalized spacial score (nSPS) is 14.7. The standard InChI is InChI=1S/C27H17Cl2NO5S/c28-20-10-11-21(22(29)14-20)23(31)12-7-16-1-3-17(4-2-16)13-24-25(32)30(27(35)36-24)15-18-5-8-19(9-6-18)26(33)34/h1-14H,15H2,(H,33,34)/b12-7+,24-13-. The molecule has 4 rings (SSSR count). The van der Waals surface area contributed by atoms with Gasteiger partial charge in [0.2, 0.25) is 0 Å². The highest BCUT2D eigenvalue weighted by molar-refractivity contribution is 8.18. The summed E-state index contributed by atoms with van der Waals surface area (Å²) in [6, 6.07) is 17.8. The minimum absolute atomic E-state index is 0.0529. The van der Waals surface area contributed by atoms with Crippen molar-refractivity contribution in [1.29, 1.82) is 0 Å². The topological polar surface area (TPSA) is 91.8 Å². The van der Waals surface area contributed by atoms with Crippen molar-refractivity contribution in [2.45, 2.75) is 6.54 Å². The zero-order valence-electron chi connectivity index (χ0n) is 18.5. The van der Waals surface area contributed by atoms with Crippen molar-refractivity contribution in [3.05, 3.63) is 116 Å². The Morgan fingerprint density at radius 3 is 2.22 bits per heavy atom. The van der Waals surface area contributed by atoms with E-state index >= 15 is 0 Å². The average Bonchev–Trinajstić information content (AvgIpc) is 3.11. The van der Waals surface area contributed by atoms with E-state index < -0.39 is 17.1 Å². The molecule has 0 radical (unpaired) electrons. The predicted octanol–water partition coefficient (Wildman–Crippen LogP) is 6.82. The zero-order valence-corrected chi connectivity index (χ0v) is 20.8. The Hall–Kier alpha value is -3.65. The van der Waals surface area contributed by atoms with E-state index in [-0.39, 0.29) is 27.8 Å². The van der Waals surface area contributed by atoms with Crippen LogP contribution in [0.25, 0.3) is 12.2 Å². The summed E-state index contributed by atoms with van der Waals surface area (Å²) in [5, 5.41) is 9.33. The number of carboxylic acids is 1. The van der Waals surface area contributed by atoms with Crippen LogP contribution in [-0.2, 0) is 11.3 Å². The molecule has 0 aromatic heterocycles. The molecule has 1 aliphatic rings. The molecule has 36 heavy (non-hydrogen) atoms. The van der Waals surface area contributed by atoms with E-state index in [0.29, 0.717) is 16.1 Å². The minimum atomic E-state index is -1.05. The van der Waals surface area contributed by atoms with Crippen LogP contribution in [-0.4, -0.2) is 32.9 Å². The molecule has 1 aliphatic heterocycles. The van der Waals surface area contributed by atoms with Crippen molar-refractivity contribution >= 4 is 70.0 Å². The zero-order chi connectivity index (χ0) is 25.8. The molecule has 0 saturated carbocycles. The van der Waals surface area contributed by atoms with Crippen molar-refractivity contribution in [1.82, 2.24) is 4.90 Å². The van der Waals surface area contributed by atoms with Gasteiger partial charge in [-0.3, -0.25) is 19.3 Å². The van der Waals surface area contributed by atoms with Crippen LogP contribution < -0.4 is 0 Å². The molecule has 1 fully saturated rings. The van der Waals surface area contributed by atoms with E-state index in [2.05, 4.69) is 0 Å². The molecule has 0 bridgehead atoms. The fourth-order valence-electron chi connectivity index (χ4n) is 3.38. The van der Waals surface area contributed by atoms with E-state index in [4.69, 9.17) is 28.3 Å². The third-order valence-electron chi connectivity index (χ3n) is 5.27. The van der Waals surface area contributed by atoms with Gasteiger partial charge in [-0.05, 0) is 70.9 Å². The Morgan fingerprint density at radius 1 is 0.917 bits per heavy atom. The number of benzene rings is 3. The van der Waals surface area contributed by atoms with Crippen LogP contribution in [0, 0.1) is 0 Å². The van der Waals surface area contributed by atoms with Crippen molar-refractivity contribution in [2.75, 3.05) is 0 Å². The third kappa shape index (κ3) is 5.94. The van der Waals surface area contributed by atoms with Gasteiger partial charge in [0.1, 0.15) is 0 Å². The Balaban J connectivity index is 1.42. The number of aromatic carboxylic acids is 1. The molecule has 1 saturated heterocycles. The van der Waals surface area contributed by atoms with E-state index in [9.17, 15) is 19.2 Å². The molecule has 1 heterocycles. The molecule has 9 heteroatoms. The maximum atomic E-state index is 12.8. The molecule has 0 aliphatic carbocycles. The van der Waals surface area contributed by atoms with E-state index in [0.717, 1.165) is 27.8 Å². The monoisotopic (exact) mass is 537 g/mol. The summed E-state index contributed by atoms with van der Waals surface area (Å²) in [7, 11) is 0. The number of amides is 2. The van der Waals surface area contributed by atoms with Crippen LogP contribution in [0.3, 0.4) is 0 Å². The van der Waals surface area contributed by atoms with Crippen LogP contribution in [0.4, 0.5) is 4.79 Å². The number of thioether (sulfide) groups is 1. The summed E-state index contributed by atoms with van der Waals surface area (Å²) in [6.45, 7) is 0.0529. The van der Waals surface area contributed by atoms with Crippen LogP contribution in [0.2, 0.25) is 10.0 Å². The van der Waals surface area contributed by atoms with Gasteiger partial charge < -0.3 is 5.11 Å². The van der Waals surface area contributed by atoms with E-state index in [1.165, 1.54) is 24.3 Å². The number of allylic oxidation sites excluding steroid dienone is 1. The molecular weight excluding hydrogens is 521 g/mol. The number of hydrogen-bond donors (Lipinski definition) is 1. The highest BCUT2D eigenvalue weighted by atomic mass is 35.5. The summed E-state index contributed by atoms with van der Waals surface area (Å²) in [6.07, 6.45) is 4.70. The molecule has 3 aromatic carbocycles. The molecule has 0 unspecified atom stereocenters. The number of nitrogens with zero attached hydrogens (tertiary/aromatic N) is 1. The summed E-state index contributed by atoms with van der Waals surface area (Å²) >= 11 is 12.8. The Bertz CT molecular complexity index is 1430.